The quantitative estimate of drug-likeness (QED) is 0.678. The van der Waals surface area contributed by atoms with Crippen LogP contribution in [0.4, 0.5) is 0 Å². The molecule has 102 valence electrons. The Hall–Kier alpha value is -2.44. The van der Waals surface area contributed by atoms with Gasteiger partial charge >= 0.3 is 5.97 Å². The molecule has 0 saturated carbocycles. The molecule has 1 aromatic heterocycles. The lowest BCUT2D eigenvalue weighted by Crippen LogP contribution is -2.43. The van der Waals surface area contributed by atoms with Crippen LogP contribution in [0.1, 0.15) is 28.2 Å². The van der Waals surface area contributed by atoms with E-state index >= 15 is 0 Å². The molecule has 0 bridgehead atoms. The molecule has 0 aromatic carbocycles. The highest BCUT2D eigenvalue weighted by Gasteiger charge is 2.23. The van der Waals surface area contributed by atoms with Crippen LogP contribution < -0.4 is 11.1 Å². The van der Waals surface area contributed by atoms with Crippen molar-refractivity contribution in [1.29, 1.82) is 0 Å². The number of aromatic nitrogens is 1. The minimum Gasteiger partial charge on any atom is -0.480 e. The highest BCUT2D eigenvalue weighted by molar-refractivity contribution is 5.98. The third-order valence-corrected chi connectivity index (χ3v) is 2.48. The van der Waals surface area contributed by atoms with Gasteiger partial charge < -0.3 is 16.2 Å². The largest absolute Gasteiger partial charge is 0.480 e. The van der Waals surface area contributed by atoms with Gasteiger partial charge in [0, 0.05) is 5.69 Å². The first-order valence-electron chi connectivity index (χ1n) is 5.57. The zero-order valence-electron chi connectivity index (χ0n) is 10.6. The summed E-state index contributed by atoms with van der Waals surface area (Å²) in [6.45, 7) is 3.42. The lowest BCUT2D eigenvalue weighted by atomic mass is 10.1. The van der Waals surface area contributed by atoms with Crippen molar-refractivity contribution in [1.82, 2.24) is 10.3 Å². The maximum Gasteiger partial charge on any atom is 0.326 e. The smallest absolute Gasteiger partial charge is 0.326 e. The van der Waals surface area contributed by atoms with E-state index in [0.717, 1.165) is 5.69 Å². The number of carbonyl (C=O) groups excluding carboxylic acids is 2. The second-order valence-electron chi connectivity index (χ2n) is 4.12. The molecule has 0 aliphatic rings. The van der Waals surface area contributed by atoms with Crippen molar-refractivity contribution >= 4 is 17.8 Å². The molecule has 1 rings (SSSR count). The zero-order chi connectivity index (χ0) is 14.6. The number of hydrogen-bond acceptors (Lipinski definition) is 4. The number of pyridine rings is 1. The van der Waals surface area contributed by atoms with Crippen molar-refractivity contribution in [2.75, 3.05) is 0 Å². The van der Waals surface area contributed by atoms with Crippen LogP contribution in [-0.2, 0) is 9.59 Å². The van der Waals surface area contributed by atoms with E-state index in [1.807, 2.05) is 0 Å². The van der Waals surface area contributed by atoms with Crippen molar-refractivity contribution in [3.8, 4) is 0 Å². The Bertz CT molecular complexity index is 528. The molecule has 0 radical (unpaired) electrons. The van der Waals surface area contributed by atoms with Crippen LogP contribution in [0.25, 0.3) is 0 Å². The molecule has 1 heterocycles. The molecular formula is C12H15N3O4. The van der Waals surface area contributed by atoms with Gasteiger partial charge in [-0.3, -0.25) is 14.6 Å². The number of primary amides is 1. The van der Waals surface area contributed by atoms with Crippen LogP contribution in [0, 0.1) is 13.8 Å². The summed E-state index contributed by atoms with van der Waals surface area (Å²) in [5.41, 5.74) is 6.43. The van der Waals surface area contributed by atoms with E-state index < -0.39 is 30.2 Å². The number of amides is 2. The lowest BCUT2D eigenvalue weighted by molar-refractivity contribution is -0.140. The fourth-order valence-corrected chi connectivity index (χ4v) is 1.56. The van der Waals surface area contributed by atoms with Crippen molar-refractivity contribution in [3.63, 3.8) is 0 Å². The summed E-state index contributed by atoms with van der Waals surface area (Å²) in [5, 5.41) is 11.1. The molecule has 0 saturated heterocycles. The number of carboxylic acids is 1. The molecule has 4 N–H and O–H groups in total. The van der Waals surface area contributed by atoms with Gasteiger partial charge in [0.05, 0.1) is 17.7 Å². The molecule has 2 amide bonds. The van der Waals surface area contributed by atoms with Crippen molar-refractivity contribution in [2.24, 2.45) is 5.73 Å². The number of hydrogen-bond donors (Lipinski definition) is 3. The number of rotatable bonds is 5. The van der Waals surface area contributed by atoms with Gasteiger partial charge in [0.2, 0.25) is 5.91 Å². The molecule has 7 nitrogen and oxygen atoms in total. The molecule has 0 spiro atoms. The highest BCUT2D eigenvalue weighted by Crippen LogP contribution is 2.07. The Kier molecular flexibility index (Phi) is 4.57. The number of nitrogens with two attached hydrogens (primary N) is 1. The second-order valence-corrected chi connectivity index (χ2v) is 4.12. The summed E-state index contributed by atoms with van der Waals surface area (Å²) >= 11 is 0. The number of aryl methyl sites for hydroxylation is 2. The van der Waals surface area contributed by atoms with E-state index in [-0.39, 0.29) is 5.56 Å². The molecule has 19 heavy (non-hydrogen) atoms. The number of nitrogens with one attached hydrogen (secondary N) is 1. The van der Waals surface area contributed by atoms with Crippen LogP contribution in [0.2, 0.25) is 0 Å². The van der Waals surface area contributed by atoms with E-state index in [9.17, 15) is 14.4 Å². The first-order valence-corrected chi connectivity index (χ1v) is 5.57. The Labute approximate surface area is 109 Å². The minimum atomic E-state index is -1.34. The molecule has 0 aliphatic heterocycles. The van der Waals surface area contributed by atoms with Gasteiger partial charge in [-0.2, -0.15) is 0 Å². The molecule has 0 fully saturated rings. The van der Waals surface area contributed by atoms with Gasteiger partial charge in [-0.25, -0.2) is 4.79 Å². The molecule has 0 unspecified atom stereocenters. The van der Waals surface area contributed by atoms with Gasteiger partial charge in [-0.05, 0) is 26.0 Å². The minimum absolute atomic E-state index is 0.265. The highest BCUT2D eigenvalue weighted by atomic mass is 16.4. The number of nitrogens with zero attached hydrogens (tertiary/aromatic N) is 1. The average Bonchev–Trinajstić information content (AvgIpc) is 2.26. The number of carbonyl (C=O) groups is 3. The standard InChI is InChI=1S/C12H15N3O4/c1-6-3-4-8(7(2)14-6)11(17)15-9(12(18)19)5-10(13)16/h3-4,9H,5H2,1-2H3,(H2,13,16)(H,15,17)(H,18,19)/t9-/m1/s1. The predicted molar refractivity (Wildman–Crippen MR) is 66.4 cm³/mol. The number of carboxylic acid groups (broad SMARTS) is 1. The van der Waals surface area contributed by atoms with Gasteiger partial charge in [0.1, 0.15) is 6.04 Å². The maximum absolute atomic E-state index is 11.9. The van der Waals surface area contributed by atoms with E-state index in [2.05, 4.69) is 10.3 Å². The SMILES string of the molecule is Cc1ccc(C(=O)N[C@H](CC(N)=O)C(=O)O)c(C)n1. The molecule has 1 atom stereocenters. The van der Waals surface area contributed by atoms with Crippen LogP contribution in [0.15, 0.2) is 12.1 Å². The van der Waals surface area contributed by atoms with E-state index in [1.165, 1.54) is 0 Å². The molecule has 7 heteroatoms. The Balaban J connectivity index is 2.87. The average molecular weight is 265 g/mol. The first kappa shape index (κ1) is 14.6. The maximum atomic E-state index is 11.9. The summed E-state index contributed by atoms with van der Waals surface area (Å²) in [6, 6.07) is 1.85. The fraction of sp³-hybridized carbons (Fsp3) is 0.333. The van der Waals surface area contributed by atoms with Gasteiger partial charge in [0.25, 0.3) is 5.91 Å². The van der Waals surface area contributed by atoms with E-state index in [0.29, 0.717) is 5.69 Å². The van der Waals surface area contributed by atoms with Crippen LogP contribution in [0.5, 0.6) is 0 Å². The van der Waals surface area contributed by atoms with Crippen LogP contribution >= 0.6 is 0 Å². The summed E-state index contributed by atoms with van der Waals surface area (Å²) in [7, 11) is 0. The Morgan fingerprint density at radius 2 is 2.00 bits per heavy atom. The predicted octanol–water partition coefficient (Wildman–Crippen LogP) is -0.243. The monoisotopic (exact) mass is 265 g/mol. The fourth-order valence-electron chi connectivity index (χ4n) is 1.56. The van der Waals surface area contributed by atoms with Crippen molar-refractivity contribution in [2.45, 2.75) is 26.3 Å². The summed E-state index contributed by atoms with van der Waals surface area (Å²) in [6.07, 6.45) is -0.459. The zero-order valence-corrected chi connectivity index (χ0v) is 10.6. The summed E-state index contributed by atoms with van der Waals surface area (Å²) < 4.78 is 0. The van der Waals surface area contributed by atoms with Crippen molar-refractivity contribution in [3.05, 3.63) is 29.1 Å². The summed E-state index contributed by atoms with van der Waals surface area (Å²) in [5.74, 6) is -2.71. The lowest BCUT2D eigenvalue weighted by Gasteiger charge is -2.13. The second kappa shape index (κ2) is 5.94. The Morgan fingerprint density at radius 3 is 2.47 bits per heavy atom. The molecule has 1 aromatic rings. The van der Waals surface area contributed by atoms with E-state index in [1.54, 1.807) is 26.0 Å². The normalized spacial score (nSPS) is 11.7. The van der Waals surface area contributed by atoms with Gasteiger partial charge in [-0.15, -0.1) is 0 Å². The van der Waals surface area contributed by atoms with Crippen LogP contribution in [0.3, 0.4) is 0 Å². The topological polar surface area (TPSA) is 122 Å². The Morgan fingerprint density at radius 1 is 1.37 bits per heavy atom. The van der Waals surface area contributed by atoms with E-state index in [4.69, 9.17) is 10.8 Å². The van der Waals surface area contributed by atoms with Crippen molar-refractivity contribution < 1.29 is 19.5 Å². The van der Waals surface area contributed by atoms with Crippen LogP contribution in [-0.4, -0.2) is 33.9 Å². The van der Waals surface area contributed by atoms with Gasteiger partial charge in [-0.1, -0.05) is 0 Å². The molecule has 0 aliphatic carbocycles. The van der Waals surface area contributed by atoms with Gasteiger partial charge in [0.15, 0.2) is 0 Å². The number of aliphatic carboxylic acids is 1. The first-order chi connectivity index (χ1) is 8.81. The third-order valence-electron chi connectivity index (χ3n) is 2.48. The summed E-state index contributed by atoms with van der Waals surface area (Å²) in [4.78, 5) is 37.7. The molecular weight excluding hydrogens is 250 g/mol. The third kappa shape index (κ3) is 4.06.